The molecule has 1 aromatic heterocycles. The molecule has 0 fully saturated rings. The third-order valence-electron chi connectivity index (χ3n) is 5.77. The van der Waals surface area contributed by atoms with Crippen molar-refractivity contribution < 1.29 is 14.3 Å². The maximum Gasteiger partial charge on any atom is 0.283 e. The minimum absolute atomic E-state index is 0.0540. The van der Waals surface area contributed by atoms with Gasteiger partial charge in [0.15, 0.2) is 5.84 Å². The van der Waals surface area contributed by atoms with Crippen molar-refractivity contribution in [3.8, 4) is 11.5 Å². The van der Waals surface area contributed by atoms with Gasteiger partial charge in [0.05, 0.1) is 10.6 Å². The lowest BCUT2D eigenvalue weighted by molar-refractivity contribution is -0.114. The summed E-state index contributed by atoms with van der Waals surface area (Å²) in [5.74, 6) is 1.14. The molecule has 2 aromatic carbocycles. The Labute approximate surface area is 229 Å². The van der Waals surface area contributed by atoms with Gasteiger partial charge in [-0.25, -0.2) is 0 Å². The van der Waals surface area contributed by atoms with Crippen molar-refractivity contribution in [2.24, 2.45) is 10.1 Å². The Kier molecular flexibility index (Phi) is 7.57. The van der Waals surface area contributed by atoms with Crippen LogP contribution in [0.3, 0.4) is 0 Å². The van der Waals surface area contributed by atoms with E-state index in [1.807, 2.05) is 24.3 Å². The molecule has 0 saturated carbocycles. The van der Waals surface area contributed by atoms with Gasteiger partial charge in [0, 0.05) is 18.0 Å². The number of carbonyl (C=O) groups is 1. The second kappa shape index (κ2) is 11.2. The molecule has 8 nitrogen and oxygen atoms in total. The SMILES string of the molecule is CC(C)c1ccccc1OCCOc1ccc(/C=C2/C(=N)N3N=C(c4cccnc4)SC3=NC2=O)cc1Cl. The van der Waals surface area contributed by atoms with E-state index in [1.165, 1.54) is 16.8 Å². The summed E-state index contributed by atoms with van der Waals surface area (Å²) in [6, 6.07) is 16.8. The van der Waals surface area contributed by atoms with E-state index in [9.17, 15) is 4.79 Å². The number of halogens is 1. The van der Waals surface area contributed by atoms with Crippen LogP contribution in [0.4, 0.5) is 0 Å². The zero-order valence-electron chi connectivity index (χ0n) is 20.7. The monoisotopic (exact) mass is 545 g/mol. The number of fused-ring (bicyclic) bond motifs is 1. The van der Waals surface area contributed by atoms with Crippen LogP contribution in [-0.2, 0) is 4.79 Å². The fourth-order valence-corrected chi connectivity index (χ4v) is 5.01. The van der Waals surface area contributed by atoms with Crippen molar-refractivity contribution in [1.82, 2.24) is 9.99 Å². The molecule has 1 amide bonds. The largest absolute Gasteiger partial charge is 0.490 e. The quantitative estimate of drug-likeness (QED) is 0.276. The number of carbonyl (C=O) groups excluding carboxylic acids is 1. The number of aromatic nitrogens is 1. The summed E-state index contributed by atoms with van der Waals surface area (Å²) in [6.45, 7) is 4.93. The van der Waals surface area contributed by atoms with Gasteiger partial charge in [-0.3, -0.25) is 15.2 Å². The molecule has 10 heteroatoms. The van der Waals surface area contributed by atoms with Crippen LogP contribution in [0.15, 0.2) is 82.7 Å². The van der Waals surface area contributed by atoms with Crippen molar-refractivity contribution in [3.05, 3.63) is 94.3 Å². The maximum atomic E-state index is 12.7. The van der Waals surface area contributed by atoms with Gasteiger partial charge in [0.1, 0.15) is 29.8 Å². The van der Waals surface area contributed by atoms with E-state index < -0.39 is 5.91 Å². The molecule has 2 aliphatic heterocycles. The number of aliphatic imine (C=N–C) groups is 1. The van der Waals surface area contributed by atoms with Crippen LogP contribution in [0, 0.1) is 5.41 Å². The van der Waals surface area contributed by atoms with Gasteiger partial charge in [-0.2, -0.15) is 15.1 Å². The summed E-state index contributed by atoms with van der Waals surface area (Å²) in [5.41, 5.74) is 2.69. The molecule has 0 unspecified atom stereocenters. The number of hydrogen-bond donors (Lipinski definition) is 1. The average Bonchev–Trinajstić information content (AvgIpc) is 3.35. The summed E-state index contributed by atoms with van der Waals surface area (Å²) in [5, 5.41) is 15.7. The molecule has 3 heterocycles. The Morgan fingerprint density at radius 3 is 2.61 bits per heavy atom. The first-order chi connectivity index (χ1) is 18.4. The van der Waals surface area contributed by atoms with Crippen molar-refractivity contribution in [1.29, 1.82) is 5.41 Å². The number of hydrogen-bond acceptors (Lipinski definition) is 7. The Bertz CT molecular complexity index is 1490. The molecule has 5 rings (SSSR count). The molecule has 1 N–H and O–H groups in total. The number of pyridine rings is 1. The number of hydrazone groups is 1. The molecule has 0 saturated heterocycles. The summed E-state index contributed by atoms with van der Waals surface area (Å²) < 4.78 is 11.7. The first-order valence-corrected chi connectivity index (χ1v) is 13.1. The second-order valence-corrected chi connectivity index (χ2v) is 10.1. The van der Waals surface area contributed by atoms with Gasteiger partial charge in [0.2, 0.25) is 5.17 Å². The minimum atomic E-state index is -0.508. The molecular weight excluding hydrogens is 522 g/mol. The zero-order chi connectivity index (χ0) is 26.6. The number of nitrogens with zero attached hydrogens (tertiary/aromatic N) is 4. The number of rotatable bonds is 8. The van der Waals surface area contributed by atoms with Crippen molar-refractivity contribution in [3.63, 3.8) is 0 Å². The molecule has 0 bridgehead atoms. The number of amidine groups is 2. The Balaban J connectivity index is 1.25. The van der Waals surface area contributed by atoms with Crippen LogP contribution < -0.4 is 9.47 Å². The third-order valence-corrected chi connectivity index (χ3v) is 7.02. The lowest BCUT2D eigenvalue weighted by Crippen LogP contribution is -2.35. The second-order valence-electron chi connectivity index (χ2n) is 8.75. The predicted molar refractivity (Wildman–Crippen MR) is 151 cm³/mol. The lowest BCUT2D eigenvalue weighted by Gasteiger charge is -2.20. The van der Waals surface area contributed by atoms with E-state index in [4.69, 9.17) is 26.5 Å². The molecule has 2 aliphatic rings. The van der Waals surface area contributed by atoms with E-state index >= 15 is 0 Å². The van der Waals surface area contributed by atoms with Crippen LogP contribution in [0.1, 0.15) is 36.5 Å². The molecular formula is C28H24ClN5O3S. The summed E-state index contributed by atoms with van der Waals surface area (Å²) in [4.78, 5) is 21.0. The molecule has 3 aromatic rings. The van der Waals surface area contributed by atoms with Crippen LogP contribution in [-0.4, -0.2) is 45.2 Å². The molecule has 38 heavy (non-hydrogen) atoms. The molecule has 0 spiro atoms. The van der Waals surface area contributed by atoms with Crippen molar-refractivity contribution in [2.75, 3.05) is 13.2 Å². The number of thioether (sulfide) groups is 1. The highest BCUT2D eigenvalue weighted by Gasteiger charge is 2.36. The number of benzene rings is 2. The number of para-hydroxylation sites is 1. The zero-order valence-corrected chi connectivity index (χ0v) is 22.3. The number of ether oxygens (including phenoxy) is 2. The van der Waals surface area contributed by atoms with Gasteiger partial charge in [-0.15, -0.1) is 0 Å². The Morgan fingerprint density at radius 1 is 1.08 bits per heavy atom. The van der Waals surface area contributed by atoms with E-state index in [0.717, 1.165) is 16.9 Å². The summed E-state index contributed by atoms with van der Waals surface area (Å²) in [7, 11) is 0. The number of amides is 1. The molecule has 0 atom stereocenters. The Hall–Kier alpha value is -3.95. The van der Waals surface area contributed by atoms with Gasteiger partial charge in [-0.1, -0.05) is 49.7 Å². The van der Waals surface area contributed by atoms with Crippen molar-refractivity contribution in [2.45, 2.75) is 19.8 Å². The smallest absolute Gasteiger partial charge is 0.283 e. The Morgan fingerprint density at radius 2 is 1.87 bits per heavy atom. The highest BCUT2D eigenvalue weighted by atomic mass is 35.5. The normalized spacial score (nSPS) is 16.0. The predicted octanol–water partition coefficient (Wildman–Crippen LogP) is 5.98. The molecule has 0 radical (unpaired) electrons. The molecule has 192 valence electrons. The fourth-order valence-electron chi connectivity index (χ4n) is 3.88. The van der Waals surface area contributed by atoms with Gasteiger partial charge < -0.3 is 9.47 Å². The highest BCUT2D eigenvalue weighted by Crippen LogP contribution is 2.32. The van der Waals surface area contributed by atoms with Crippen molar-refractivity contribution >= 4 is 51.4 Å². The van der Waals surface area contributed by atoms with Crippen LogP contribution in [0.5, 0.6) is 11.5 Å². The maximum absolute atomic E-state index is 12.7. The summed E-state index contributed by atoms with van der Waals surface area (Å²) in [6.07, 6.45) is 4.92. The molecule has 0 aliphatic carbocycles. The third kappa shape index (κ3) is 5.49. The van der Waals surface area contributed by atoms with E-state index in [1.54, 1.807) is 42.7 Å². The van der Waals surface area contributed by atoms with Gasteiger partial charge in [-0.05, 0) is 65.2 Å². The van der Waals surface area contributed by atoms with Gasteiger partial charge in [0.25, 0.3) is 5.91 Å². The van der Waals surface area contributed by atoms with E-state index in [-0.39, 0.29) is 11.4 Å². The topological polar surface area (TPSA) is 100 Å². The fraction of sp³-hybridized carbons (Fsp3) is 0.179. The first kappa shape index (κ1) is 25.7. The highest BCUT2D eigenvalue weighted by molar-refractivity contribution is 8.27. The lowest BCUT2D eigenvalue weighted by atomic mass is 10.0. The summed E-state index contributed by atoms with van der Waals surface area (Å²) >= 11 is 7.68. The van der Waals surface area contributed by atoms with E-state index in [0.29, 0.717) is 45.7 Å². The van der Waals surface area contributed by atoms with Crippen LogP contribution >= 0.6 is 23.4 Å². The van der Waals surface area contributed by atoms with Gasteiger partial charge >= 0.3 is 0 Å². The van der Waals surface area contributed by atoms with Crippen LogP contribution in [0.2, 0.25) is 5.02 Å². The average molecular weight is 546 g/mol. The first-order valence-electron chi connectivity index (χ1n) is 12.0. The standard InChI is InChI=1S/C28H24ClN5O3S/c1-17(2)20-7-3-4-8-23(20)36-12-13-37-24-10-9-18(15-22(24)29)14-21-25(30)34-28(32-26(21)35)38-27(33-34)19-6-5-11-31-16-19/h3-11,14-17,30H,12-13H2,1-2H3/b21-14-,30-25?. The van der Waals surface area contributed by atoms with Crippen LogP contribution in [0.25, 0.3) is 6.08 Å². The minimum Gasteiger partial charge on any atom is -0.490 e. The number of nitrogens with one attached hydrogen (secondary N) is 1. The van der Waals surface area contributed by atoms with E-state index in [2.05, 4.69) is 35.0 Å².